The van der Waals surface area contributed by atoms with Crippen LogP contribution in [-0.4, -0.2) is 31.9 Å². The third kappa shape index (κ3) is 4.53. The average Bonchev–Trinajstić information content (AvgIpc) is 3.27. The molecule has 118 valence electrons. The minimum absolute atomic E-state index is 0.321. The van der Waals surface area contributed by atoms with Crippen molar-refractivity contribution in [2.45, 2.75) is 51.1 Å². The van der Waals surface area contributed by atoms with Crippen molar-refractivity contribution < 1.29 is 8.42 Å². The predicted molar refractivity (Wildman–Crippen MR) is 85.6 cm³/mol. The van der Waals surface area contributed by atoms with Crippen LogP contribution >= 0.6 is 0 Å². The number of hydrogen-bond acceptors (Lipinski definition) is 3. The molecule has 1 saturated carbocycles. The summed E-state index contributed by atoms with van der Waals surface area (Å²) in [5.74, 6) is 0.321. The third-order valence-corrected chi connectivity index (χ3v) is 5.61. The molecule has 21 heavy (non-hydrogen) atoms. The summed E-state index contributed by atoms with van der Waals surface area (Å²) in [4.78, 5) is 0.389. The SMILES string of the molecule is CCN(CC(C)C)S(=O)(=O)c1ccc(CNC2CC2)cc1. The van der Waals surface area contributed by atoms with Gasteiger partial charge in [0.1, 0.15) is 0 Å². The fourth-order valence-electron chi connectivity index (χ4n) is 2.28. The number of hydrogen-bond donors (Lipinski definition) is 1. The van der Waals surface area contributed by atoms with E-state index in [1.54, 1.807) is 16.4 Å². The lowest BCUT2D eigenvalue weighted by Gasteiger charge is -2.22. The first-order valence-corrected chi connectivity index (χ1v) is 9.20. The largest absolute Gasteiger partial charge is 0.310 e. The minimum atomic E-state index is -3.37. The topological polar surface area (TPSA) is 49.4 Å². The Hall–Kier alpha value is -0.910. The molecule has 0 spiro atoms. The molecule has 1 aliphatic rings. The van der Waals surface area contributed by atoms with E-state index in [1.165, 1.54) is 12.8 Å². The van der Waals surface area contributed by atoms with Gasteiger partial charge < -0.3 is 5.32 Å². The maximum atomic E-state index is 12.6. The van der Waals surface area contributed by atoms with Gasteiger partial charge in [0.05, 0.1) is 4.90 Å². The smallest absolute Gasteiger partial charge is 0.243 e. The summed E-state index contributed by atoms with van der Waals surface area (Å²) in [5, 5.41) is 3.43. The van der Waals surface area contributed by atoms with Crippen LogP contribution in [0.4, 0.5) is 0 Å². The van der Waals surface area contributed by atoms with Crippen LogP contribution in [0.1, 0.15) is 39.2 Å². The maximum absolute atomic E-state index is 12.6. The second-order valence-corrected chi connectivity index (χ2v) is 8.09. The Kier molecular flexibility index (Phi) is 5.41. The second-order valence-electron chi connectivity index (χ2n) is 6.15. The standard InChI is InChI=1S/C16H26N2O2S/c1-4-18(12-13(2)3)21(19,20)16-9-5-14(6-10-16)11-17-15-7-8-15/h5-6,9-10,13,15,17H,4,7-8,11-12H2,1-3H3. The zero-order valence-corrected chi connectivity index (χ0v) is 14.0. The molecule has 0 heterocycles. The summed E-state index contributed by atoms with van der Waals surface area (Å²) in [6.45, 7) is 7.83. The van der Waals surface area contributed by atoms with Gasteiger partial charge in [-0.05, 0) is 36.5 Å². The van der Waals surface area contributed by atoms with E-state index in [0.717, 1.165) is 12.1 Å². The van der Waals surface area contributed by atoms with Crippen LogP contribution in [0.5, 0.6) is 0 Å². The van der Waals surface area contributed by atoms with Gasteiger partial charge in [0.15, 0.2) is 0 Å². The van der Waals surface area contributed by atoms with Gasteiger partial charge in [-0.15, -0.1) is 0 Å². The first kappa shape index (κ1) is 16.5. The molecular formula is C16H26N2O2S. The molecule has 4 nitrogen and oxygen atoms in total. The van der Waals surface area contributed by atoms with Crippen molar-refractivity contribution in [3.05, 3.63) is 29.8 Å². The highest BCUT2D eigenvalue weighted by Gasteiger charge is 2.24. The summed E-state index contributed by atoms with van der Waals surface area (Å²) in [6.07, 6.45) is 2.51. The van der Waals surface area contributed by atoms with Crippen LogP contribution in [0.2, 0.25) is 0 Å². The number of nitrogens with one attached hydrogen (secondary N) is 1. The zero-order valence-electron chi connectivity index (χ0n) is 13.2. The quantitative estimate of drug-likeness (QED) is 0.803. The van der Waals surface area contributed by atoms with Crippen LogP contribution < -0.4 is 5.32 Å². The van der Waals surface area contributed by atoms with E-state index in [4.69, 9.17) is 0 Å². The lowest BCUT2D eigenvalue weighted by atomic mass is 10.2. The van der Waals surface area contributed by atoms with Crippen molar-refractivity contribution >= 4 is 10.0 Å². The molecule has 0 atom stereocenters. The Morgan fingerprint density at radius 1 is 1.24 bits per heavy atom. The molecule has 1 aromatic rings. The fourth-order valence-corrected chi connectivity index (χ4v) is 3.89. The molecule has 0 radical (unpaired) electrons. The molecule has 1 fully saturated rings. The summed E-state index contributed by atoms with van der Waals surface area (Å²) in [7, 11) is -3.37. The Labute approximate surface area is 128 Å². The monoisotopic (exact) mass is 310 g/mol. The van der Waals surface area contributed by atoms with E-state index < -0.39 is 10.0 Å². The third-order valence-electron chi connectivity index (χ3n) is 3.65. The normalized spacial score (nSPS) is 15.9. The lowest BCUT2D eigenvalue weighted by molar-refractivity contribution is 0.381. The molecule has 1 aromatic carbocycles. The zero-order chi connectivity index (χ0) is 15.5. The number of sulfonamides is 1. The fraction of sp³-hybridized carbons (Fsp3) is 0.625. The van der Waals surface area contributed by atoms with Gasteiger partial charge in [0.2, 0.25) is 10.0 Å². The maximum Gasteiger partial charge on any atom is 0.243 e. The molecule has 2 rings (SSSR count). The first-order valence-electron chi connectivity index (χ1n) is 7.76. The van der Waals surface area contributed by atoms with Gasteiger partial charge in [-0.25, -0.2) is 8.42 Å². The molecule has 0 saturated heterocycles. The number of rotatable bonds is 8. The van der Waals surface area contributed by atoms with Crippen LogP contribution in [0, 0.1) is 5.92 Å². The van der Waals surface area contributed by atoms with Crippen molar-refractivity contribution in [1.29, 1.82) is 0 Å². The van der Waals surface area contributed by atoms with Crippen LogP contribution in [0.25, 0.3) is 0 Å². The highest BCUT2D eigenvalue weighted by atomic mass is 32.2. The molecular weight excluding hydrogens is 284 g/mol. The lowest BCUT2D eigenvalue weighted by Crippen LogP contribution is -2.34. The van der Waals surface area contributed by atoms with Crippen molar-refractivity contribution in [1.82, 2.24) is 9.62 Å². The van der Waals surface area contributed by atoms with E-state index in [1.807, 2.05) is 32.9 Å². The van der Waals surface area contributed by atoms with Gasteiger partial charge in [-0.3, -0.25) is 0 Å². The molecule has 1 aliphatic carbocycles. The Balaban J connectivity index is 2.07. The van der Waals surface area contributed by atoms with E-state index in [0.29, 0.717) is 29.9 Å². The summed E-state index contributed by atoms with van der Waals surface area (Å²) < 4.78 is 26.7. The van der Waals surface area contributed by atoms with E-state index >= 15 is 0 Å². The van der Waals surface area contributed by atoms with Gasteiger partial charge in [0, 0.05) is 25.7 Å². The molecule has 0 aliphatic heterocycles. The van der Waals surface area contributed by atoms with Gasteiger partial charge in [-0.1, -0.05) is 32.9 Å². The van der Waals surface area contributed by atoms with Crippen molar-refractivity contribution in [3.8, 4) is 0 Å². The van der Waals surface area contributed by atoms with Gasteiger partial charge in [-0.2, -0.15) is 4.31 Å². The Bertz CT molecular complexity index is 548. The number of nitrogens with zero attached hydrogens (tertiary/aromatic N) is 1. The summed E-state index contributed by atoms with van der Waals surface area (Å²) in [5.41, 5.74) is 1.13. The molecule has 5 heteroatoms. The van der Waals surface area contributed by atoms with E-state index in [2.05, 4.69) is 5.32 Å². The Morgan fingerprint density at radius 3 is 2.33 bits per heavy atom. The summed E-state index contributed by atoms with van der Waals surface area (Å²) >= 11 is 0. The van der Waals surface area contributed by atoms with Crippen molar-refractivity contribution in [2.24, 2.45) is 5.92 Å². The predicted octanol–water partition coefficient (Wildman–Crippen LogP) is 2.61. The second kappa shape index (κ2) is 6.90. The highest BCUT2D eigenvalue weighted by molar-refractivity contribution is 7.89. The average molecular weight is 310 g/mol. The minimum Gasteiger partial charge on any atom is -0.310 e. The molecule has 0 aromatic heterocycles. The van der Waals surface area contributed by atoms with Crippen LogP contribution in [-0.2, 0) is 16.6 Å². The van der Waals surface area contributed by atoms with Crippen LogP contribution in [0.15, 0.2) is 29.2 Å². The molecule has 0 unspecified atom stereocenters. The van der Waals surface area contributed by atoms with Gasteiger partial charge in [0.25, 0.3) is 0 Å². The van der Waals surface area contributed by atoms with Crippen molar-refractivity contribution in [2.75, 3.05) is 13.1 Å². The van der Waals surface area contributed by atoms with Gasteiger partial charge >= 0.3 is 0 Å². The summed E-state index contributed by atoms with van der Waals surface area (Å²) in [6, 6.07) is 7.93. The highest BCUT2D eigenvalue weighted by Crippen LogP contribution is 2.20. The number of benzene rings is 1. The molecule has 1 N–H and O–H groups in total. The molecule has 0 amide bonds. The van der Waals surface area contributed by atoms with Crippen molar-refractivity contribution in [3.63, 3.8) is 0 Å². The van der Waals surface area contributed by atoms with Crippen LogP contribution in [0.3, 0.4) is 0 Å². The van der Waals surface area contributed by atoms with E-state index in [9.17, 15) is 8.42 Å². The van der Waals surface area contributed by atoms with E-state index in [-0.39, 0.29) is 0 Å². The first-order chi connectivity index (χ1) is 9.93. The Morgan fingerprint density at radius 2 is 1.86 bits per heavy atom. The molecule has 0 bridgehead atoms.